The van der Waals surface area contributed by atoms with Gasteiger partial charge in [0.1, 0.15) is 6.54 Å². The molecule has 0 bridgehead atoms. The molecule has 0 spiro atoms. The van der Waals surface area contributed by atoms with E-state index in [0.717, 1.165) is 24.8 Å². The van der Waals surface area contributed by atoms with Crippen LogP contribution in [0.1, 0.15) is 30.9 Å². The molecule has 0 atom stereocenters. The molecule has 0 fully saturated rings. The first-order valence-corrected chi connectivity index (χ1v) is 9.28. The lowest BCUT2D eigenvalue weighted by Gasteiger charge is -2.17. The van der Waals surface area contributed by atoms with Crippen molar-refractivity contribution >= 4 is 11.6 Å². The molecule has 29 heavy (non-hydrogen) atoms. The smallest absolute Gasteiger partial charge is 0.324 e. The van der Waals surface area contributed by atoms with Gasteiger partial charge in [0.15, 0.2) is 0 Å². The lowest BCUT2D eigenvalue weighted by atomic mass is 9.98. The third-order valence-electron chi connectivity index (χ3n) is 4.50. The average Bonchev–Trinajstić information content (AvgIpc) is 2.67. The van der Waals surface area contributed by atoms with Gasteiger partial charge in [-0.15, -0.1) is 13.2 Å². The Morgan fingerprint density at radius 2 is 1.52 bits per heavy atom. The standard InChI is InChI=1S/C21H26N4O4/c1-6-11-23-19(27)24(12-7-2)21(29)25(20(23)28)13-17(26)22-18-15(5)9-8-10-16(18)14(3)4/h6-10,14H,1-2,11-13H2,3-5H3,(H,22,26). The van der Waals surface area contributed by atoms with E-state index >= 15 is 0 Å². The Morgan fingerprint density at radius 1 is 1.00 bits per heavy atom. The second-order valence-corrected chi connectivity index (χ2v) is 6.97. The highest BCUT2D eigenvalue weighted by Crippen LogP contribution is 2.27. The zero-order valence-corrected chi connectivity index (χ0v) is 17.0. The monoisotopic (exact) mass is 398 g/mol. The number of rotatable bonds is 8. The molecule has 1 N–H and O–H groups in total. The molecule has 0 aliphatic carbocycles. The first-order valence-electron chi connectivity index (χ1n) is 9.28. The van der Waals surface area contributed by atoms with E-state index in [-0.39, 0.29) is 19.0 Å². The fourth-order valence-electron chi connectivity index (χ4n) is 3.05. The van der Waals surface area contributed by atoms with Gasteiger partial charge in [-0.25, -0.2) is 28.1 Å². The Hall–Kier alpha value is -3.42. The summed E-state index contributed by atoms with van der Waals surface area (Å²) in [5.74, 6) is -0.360. The van der Waals surface area contributed by atoms with Crippen LogP contribution in [-0.4, -0.2) is 19.6 Å². The Labute approximate surface area is 168 Å². The first kappa shape index (κ1) is 21.9. The van der Waals surface area contributed by atoms with Gasteiger partial charge in [-0.1, -0.05) is 44.2 Å². The van der Waals surface area contributed by atoms with Crippen molar-refractivity contribution in [1.82, 2.24) is 13.7 Å². The fourth-order valence-corrected chi connectivity index (χ4v) is 3.05. The van der Waals surface area contributed by atoms with Gasteiger partial charge in [0, 0.05) is 5.69 Å². The minimum absolute atomic E-state index is 0.0774. The summed E-state index contributed by atoms with van der Waals surface area (Å²) in [4.78, 5) is 50.4. The highest BCUT2D eigenvalue weighted by atomic mass is 16.2. The molecule has 0 radical (unpaired) electrons. The van der Waals surface area contributed by atoms with Gasteiger partial charge in [-0.3, -0.25) is 4.79 Å². The van der Waals surface area contributed by atoms with E-state index in [9.17, 15) is 19.2 Å². The molecule has 0 saturated heterocycles. The SMILES string of the molecule is C=CCn1c(=O)n(CC=C)c(=O)n(CC(=O)Nc2c(C)cccc2C(C)C)c1=O. The zero-order chi connectivity index (χ0) is 21.7. The van der Waals surface area contributed by atoms with Crippen LogP contribution in [0.5, 0.6) is 0 Å². The van der Waals surface area contributed by atoms with Gasteiger partial charge in [0.25, 0.3) is 0 Å². The van der Waals surface area contributed by atoms with Crippen LogP contribution in [-0.2, 0) is 24.4 Å². The Kier molecular flexibility index (Phi) is 6.93. The lowest BCUT2D eigenvalue weighted by Crippen LogP contribution is -2.55. The molecular formula is C21H26N4O4. The van der Waals surface area contributed by atoms with E-state index in [0.29, 0.717) is 5.69 Å². The van der Waals surface area contributed by atoms with Gasteiger partial charge in [0.05, 0.1) is 13.1 Å². The molecule has 0 aliphatic rings. The second-order valence-electron chi connectivity index (χ2n) is 6.97. The summed E-state index contributed by atoms with van der Waals surface area (Å²) in [6, 6.07) is 5.69. The highest BCUT2D eigenvalue weighted by Gasteiger charge is 2.18. The maximum Gasteiger partial charge on any atom is 0.337 e. The van der Waals surface area contributed by atoms with Crippen molar-refractivity contribution in [3.63, 3.8) is 0 Å². The summed E-state index contributed by atoms with van der Waals surface area (Å²) in [5, 5.41) is 2.81. The summed E-state index contributed by atoms with van der Waals surface area (Å²) in [5.41, 5.74) is 0.00118. The number of allylic oxidation sites excluding steroid dienone is 2. The van der Waals surface area contributed by atoms with Crippen molar-refractivity contribution in [2.75, 3.05) is 5.32 Å². The van der Waals surface area contributed by atoms with Crippen LogP contribution < -0.4 is 22.4 Å². The van der Waals surface area contributed by atoms with Crippen LogP contribution in [0.4, 0.5) is 5.69 Å². The number of aryl methyl sites for hydroxylation is 1. The van der Waals surface area contributed by atoms with Crippen LogP contribution in [0.2, 0.25) is 0 Å². The minimum atomic E-state index is -0.857. The molecular weight excluding hydrogens is 372 g/mol. The number of hydrogen-bond donors (Lipinski definition) is 1. The topological polar surface area (TPSA) is 95.1 Å². The fraction of sp³-hybridized carbons (Fsp3) is 0.333. The van der Waals surface area contributed by atoms with Gasteiger partial charge >= 0.3 is 17.1 Å². The Bertz CT molecular complexity index is 1070. The molecule has 2 aromatic rings. The summed E-state index contributed by atoms with van der Waals surface area (Å²) in [6.45, 7) is 12.3. The second kappa shape index (κ2) is 9.18. The summed E-state index contributed by atoms with van der Waals surface area (Å²) >= 11 is 0. The van der Waals surface area contributed by atoms with Crippen LogP contribution >= 0.6 is 0 Å². The number of carbonyl (C=O) groups excluding carboxylic acids is 1. The Morgan fingerprint density at radius 3 is 2.00 bits per heavy atom. The number of amides is 1. The maximum absolute atomic E-state index is 12.7. The van der Waals surface area contributed by atoms with Gasteiger partial charge < -0.3 is 5.32 Å². The highest BCUT2D eigenvalue weighted by molar-refractivity contribution is 5.92. The minimum Gasteiger partial charge on any atom is -0.324 e. The van der Waals surface area contributed by atoms with E-state index in [1.807, 2.05) is 39.0 Å². The third kappa shape index (κ3) is 4.53. The largest absolute Gasteiger partial charge is 0.337 e. The van der Waals surface area contributed by atoms with Crippen molar-refractivity contribution in [2.45, 2.75) is 46.3 Å². The molecule has 1 aromatic carbocycles. The van der Waals surface area contributed by atoms with Gasteiger partial charge in [0.2, 0.25) is 5.91 Å². The number of anilines is 1. The van der Waals surface area contributed by atoms with E-state index in [4.69, 9.17) is 0 Å². The molecule has 8 nitrogen and oxygen atoms in total. The molecule has 0 aliphatic heterocycles. The van der Waals surface area contributed by atoms with Crippen LogP contribution in [0.3, 0.4) is 0 Å². The molecule has 2 rings (SSSR count). The molecule has 1 aromatic heterocycles. The number of benzene rings is 1. The maximum atomic E-state index is 12.7. The molecule has 0 saturated carbocycles. The normalized spacial score (nSPS) is 10.8. The van der Waals surface area contributed by atoms with Gasteiger partial charge in [-0.2, -0.15) is 0 Å². The van der Waals surface area contributed by atoms with E-state index in [1.165, 1.54) is 12.2 Å². The zero-order valence-electron chi connectivity index (χ0n) is 17.0. The first-order chi connectivity index (χ1) is 13.7. The van der Waals surface area contributed by atoms with Crippen molar-refractivity contribution in [2.24, 2.45) is 0 Å². The summed E-state index contributed by atoms with van der Waals surface area (Å²) in [6.07, 6.45) is 2.75. The van der Waals surface area contributed by atoms with Crippen molar-refractivity contribution < 1.29 is 4.79 Å². The number of para-hydroxylation sites is 1. The molecule has 8 heteroatoms. The number of aromatic nitrogens is 3. The van der Waals surface area contributed by atoms with Crippen molar-refractivity contribution in [3.8, 4) is 0 Å². The number of carbonyl (C=O) groups is 1. The molecule has 1 amide bonds. The van der Waals surface area contributed by atoms with Crippen LogP contribution in [0, 0.1) is 6.92 Å². The summed E-state index contributed by atoms with van der Waals surface area (Å²) < 4.78 is 2.47. The quantitative estimate of drug-likeness (QED) is 0.684. The molecule has 1 heterocycles. The lowest BCUT2D eigenvalue weighted by molar-refractivity contribution is -0.116. The summed E-state index contributed by atoms with van der Waals surface area (Å²) in [7, 11) is 0. The van der Waals surface area contributed by atoms with Crippen molar-refractivity contribution in [1.29, 1.82) is 0 Å². The number of nitrogens with zero attached hydrogens (tertiary/aromatic N) is 3. The van der Waals surface area contributed by atoms with E-state index in [1.54, 1.807) is 0 Å². The van der Waals surface area contributed by atoms with Crippen LogP contribution in [0.15, 0.2) is 57.9 Å². The van der Waals surface area contributed by atoms with Crippen LogP contribution in [0.25, 0.3) is 0 Å². The van der Waals surface area contributed by atoms with Crippen molar-refractivity contribution in [3.05, 3.63) is 86.1 Å². The van der Waals surface area contributed by atoms with E-state index < -0.39 is 29.5 Å². The number of nitrogens with one attached hydrogen (secondary N) is 1. The third-order valence-corrected chi connectivity index (χ3v) is 4.50. The van der Waals surface area contributed by atoms with E-state index in [2.05, 4.69) is 18.5 Å². The molecule has 154 valence electrons. The predicted octanol–water partition coefficient (Wildman–Crippen LogP) is 1.61. The molecule has 0 unspecified atom stereocenters. The average molecular weight is 398 g/mol. The Balaban J connectivity index is 2.50. The predicted molar refractivity (Wildman–Crippen MR) is 114 cm³/mol. The van der Waals surface area contributed by atoms with Gasteiger partial charge in [-0.05, 0) is 24.0 Å². The number of hydrogen-bond acceptors (Lipinski definition) is 4.